The third-order valence-electron chi connectivity index (χ3n) is 5.08. The van der Waals surface area contributed by atoms with Crippen LogP contribution >= 0.6 is 0 Å². The van der Waals surface area contributed by atoms with Gasteiger partial charge in [-0.25, -0.2) is 4.79 Å². The minimum absolute atomic E-state index is 0.268. The van der Waals surface area contributed by atoms with Gasteiger partial charge in [-0.3, -0.25) is 0 Å². The fourth-order valence-electron chi connectivity index (χ4n) is 3.92. The van der Waals surface area contributed by atoms with Crippen molar-refractivity contribution in [3.05, 3.63) is 12.2 Å². The number of hydrogen-bond donors (Lipinski definition) is 0. The summed E-state index contributed by atoms with van der Waals surface area (Å²) in [5.41, 5.74) is 5.33. The first-order chi connectivity index (χ1) is 11.9. The van der Waals surface area contributed by atoms with E-state index in [1.807, 2.05) is 26.8 Å². The van der Waals surface area contributed by atoms with E-state index in [9.17, 15) is 4.79 Å². The molecule has 0 aromatic carbocycles. The van der Waals surface area contributed by atoms with Gasteiger partial charge in [0.2, 0.25) is 0 Å². The highest BCUT2D eigenvalue weighted by Crippen LogP contribution is 2.40. The molecule has 2 nitrogen and oxygen atoms in total. The zero-order valence-electron chi connectivity index (χ0n) is 18.9. The second-order valence-electron chi connectivity index (χ2n) is 9.32. The van der Waals surface area contributed by atoms with Crippen molar-refractivity contribution in [3.8, 4) is 11.5 Å². The highest BCUT2D eigenvalue weighted by molar-refractivity contribution is 6.90. The second-order valence-corrected chi connectivity index (χ2v) is 14.9. The minimum atomic E-state index is -1.69. The number of carbonyl (C=O) groups excluding carboxylic acids is 1. The van der Waals surface area contributed by atoms with Crippen molar-refractivity contribution in [2.24, 2.45) is 5.92 Å². The lowest BCUT2D eigenvalue weighted by Crippen LogP contribution is -2.43. The molecule has 0 heterocycles. The molecular weight excluding hydrogens is 336 g/mol. The van der Waals surface area contributed by atoms with E-state index < -0.39 is 13.7 Å². The Kier molecular flexibility index (Phi) is 10.5. The first-order valence-corrected chi connectivity index (χ1v) is 12.5. The summed E-state index contributed by atoms with van der Waals surface area (Å²) < 4.78 is 5.33. The van der Waals surface area contributed by atoms with Crippen LogP contribution in [-0.2, 0) is 9.53 Å². The summed E-state index contributed by atoms with van der Waals surface area (Å²) in [6.45, 7) is 21.9. The molecule has 0 aliphatic rings. The van der Waals surface area contributed by atoms with Crippen molar-refractivity contribution in [2.75, 3.05) is 0 Å². The van der Waals surface area contributed by atoms with Crippen LogP contribution < -0.4 is 0 Å². The summed E-state index contributed by atoms with van der Waals surface area (Å²) in [7, 11) is -1.69. The number of allylic oxidation sites excluding steroid dienone is 1. The summed E-state index contributed by atoms with van der Waals surface area (Å²) in [5.74, 6) is 3.69. The molecule has 0 N–H and O–H groups in total. The predicted octanol–water partition coefficient (Wildman–Crippen LogP) is 6.91. The van der Waals surface area contributed by atoms with Gasteiger partial charge in [0.25, 0.3) is 0 Å². The van der Waals surface area contributed by atoms with Gasteiger partial charge in [0.15, 0.2) is 0 Å². The lowest BCUT2D eigenvalue weighted by atomic mass is 10.0. The number of ether oxygens (including phenoxy) is 1. The highest BCUT2D eigenvalue weighted by Gasteiger charge is 2.41. The zero-order valence-corrected chi connectivity index (χ0v) is 19.9. The Balaban J connectivity index is 5.30. The Morgan fingerprint density at radius 1 is 1.04 bits per heavy atom. The van der Waals surface area contributed by atoms with Crippen molar-refractivity contribution in [2.45, 2.75) is 111 Å². The topological polar surface area (TPSA) is 26.3 Å². The van der Waals surface area contributed by atoms with Crippen LogP contribution in [0.25, 0.3) is 0 Å². The van der Waals surface area contributed by atoms with E-state index in [2.05, 4.69) is 59.9 Å². The van der Waals surface area contributed by atoms with Crippen molar-refractivity contribution >= 4 is 14.0 Å². The van der Waals surface area contributed by atoms with Crippen LogP contribution in [-0.4, -0.2) is 19.6 Å². The molecule has 0 radical (unpaired) electrons. The van der Waals surface area contributed by atoms with Crippen molar-refractivity contribution < 1.29 is 9.53 Å². The van der Waals surface area contributed by atoms with Crippen molar-refractivity contribution in [3.63, 3.8) is 0 Å². The van der Waals surface area contributed by atoms with Gasteiger partial charge in [-0.05, 0) is 50.2 Å². The van der Waals surface area contributed by atoms with Gasteiger partial charge in [0, 0.05) is 12.0 Å². The summed E-state index contributed by atoms with van der Waals surface area (Å²) in [6.07, 6.45) is 6.50. The molecule has 26 heavy (non-hydrogen) atoms. The molecule has 0 aliphatic heterocycles. The predicted molar refractivity (Wildman–Crippen MR) is 117 cm³/mol. The average molecular weight is 379 g/mol. The summed E-state index contributed by atoms with van der Waals surface area (Å²) in [4.78, 5) is 11.8. The SMILES string of the molecule is CCC[C@H](C#C[Si](C(C)C)(C(C)C)C(C)C)C/C=C/C(=O)OC(C)(C)C. The summed E-state index contributed by atoms with van der Waals surface area (Å²) >= 11 is 0. The highest BCUT2D eigenvalue weighted by atomic mass is 28.3. The number of rotatable bonds is 8. The fraction of sp³-hybridized carbons (Fsp3) is 0.783. The maximum absolute atomic E-state index is 11.8. The van der Waals surface area contributed by atoms with Gasteiger partial charge < -0.3 is 4.74 Å². The molecule has 0 aliphatic carbocycles. The van der Waals surface area contributed by atoms with E-state index in [1.165, 1.54) is 0 Å². The lowest BCUT2D eigenvalue weighted by Gasteiger charge is -2.38. The number of esters is 1. The third kappa shape index (κ3) is 8.12. The lowest BCUT2D eigenvalue weighted by molar-refractivity contribution is -0.148. The average Bonchev–Trinajstić information content (AvgIpc) is 2.44. The third-order valence-corrected chi connectivity index (χ3v) is 11.4. The Bertz CT molecular complexity index is 491. The fourth-order valence-corrected chi connectivity index (χ4v) is 9.24. The van der Waals surface area contributed by atoms with Gasteiger partial charge in [0.05, 0.1) is 0 Å². The molecule has 0 amide bonds. The smallest absolute Gasteiger partial charge is 0.330 e. The van der Waals surface area contributed by atoms with Crippen molar-refractivity contribution in [1.29, 1.82) is 0 Å². The van der Waals surface area contributed by atoms with Gasteiger partial charge in [-0.2, -0.15) is 0 Å². The molecule has 0 bridgehead atoms. The molecule has 0 rings (SSSR count). The normalized spacial score (nSPS) is 14.0. The Labute approximate surface area is 164 Å². The molecule has 0 aromatic heterocycles. The van der Waals surface area contributed by atoms with Crippen LogP contribution in [0.4, 0.5) is 0 Å². The van der Waals surface area contributed by atoms with Crippen LogP contribution in [0.1, 0.15) is 88.5 Å². The first kappa shape index (κ1) is 25.0. The molecule has 0 unspecified atom stereocenters. The summed E-state index contributed by atoms with van der Waals surface area (Å²) in [5, 5.41) is 0. The molecule has 0 fully saturated rings. The standard InChI is InChI=1S/C23H42O2Si/c1-11-13-21(14-12-15-22(24)25-23(8,9)10)16-17-26(18(2)3,19(4)5)20(6)7/h12,15,18-21H,11,13-14H2,1-10H3/b15-12+/t21-/m0/s1. The van der Waals surface area contributed by atoms with Gasteiger partial charge in [-0.15, -0.1) is 11.5 Å². The molecule has 1 atom stereocenters. The van der Waals surface area contributed by atoms with E-state index >= 15 is 0 Å². The Morgan fingerprint density at radius 3 is 1.92 bits per heavy atom. The number of hydrogen-bond acceptors (Lipinski definition) is 2. The van der Waals surface area contributed by atoms with Crippen LogP contribution in [0.3, 0.4) is 0 Å². The van der Waals surface area contributed by atoms with Crippen LogP contribution in [0, 0.1) is 17.4 Å². The van der Waals surface area contributed by atoms with E-state index in [-0.39, 0.29) is 5.97 Å². The Morgan fingerprint density at radius 2 is 1.54 bits per heavy atom. The second kappa shape index (κ2) is 11.0. The van der Waals surface area contributed by atoms with Crippen molar-refractivity contribution in [1.82, 2.24) is 0 Å². The van der Waals surface area contributed by atoms with Gasteiger partial charge >= 0.3 is 5.97 Å². The largest absolute Gasteiger partial charge is 0.457 e. The monoisotopic (exact) mass is 378 g/mol. The minimum Gasteiger partial charge on any atom is -0.457 e. The zero-order chi connectivity index (χ0) is 20.5. The molecule has 0 spiro atoms. The maximum atomic E-state index is 11.8. The van der Waals surface area contributed by atoms with Gasteiger partial charge in [0.1, 0.15) is 13.7 Å². The maximum Gasteiger partial charge on any atom is 0.330 e. The quantitative estimate of drug-likeness (QED) is 0.198. The molecule has 0 aromatic rings. The summed E-state index contributed by atoms with van der Waals surface area (Å²) in [6, 6.07) is 0. The molecule has 0 saturated heterocycles. The van der Waals surface area contributed by atoms with E-state index in [0.29, 0.717) is 22.5 Å². The van der Waals surface area contributed by atoms with E-state index in [0.717, 1.165) is 19.3 Å². The molecule has 0 saturated carbocycles. The number of carbonyl (C=O) groups is 1. The van der Waals surface area contributed by atoms with E-state index in [4.69, 9.17) is 4.74 Å². The van der Waals surface area contributed by atoms with Gasteiger partial charge in [-0.1, -0.05) is 61.0 Å². The molecule has 3 heteroatoms. The Hall–Kier alpha value is -1.01. The first-order valence-electron chi connectivity index (χ1n) is 10.3. The molecular formula is C23H42O2Si. The van der Waals surface area contributed by atoms with Crippen LogP contribution in [0.2, 0.25) is 16.6 Å². The van der Waals surface area contributed by atoms with Crippen LogP contribution in [0.5, 0.6) is 0 Å². The van der Waals surface area contributed by atoms with Crippen LogP contribution in [0.15, 0.2) is 12.2 Å². The molecule has 150 valence electrons. The van der Waals surface area contributed by atoms with E-state index in [1.54, 1.807) is 6.08 Å².